The maximum absolute atomic E-state index is 12.4. The number of amides is 2. The molecule has 7 nitrogen and oxygen atoms in total. The Kier molecular flexibility index (Phi) is 6.03. The summed E-state index contributed by atoms with van der Waals surface area (Å²) in [4.78, 5) is 25.2. The summed E-state index contributed by atoms with van der Waals surface area (Å²) in [5.74, 6) is 0. The summed E-state index contributed by atoms with van der Waals surface area (Å²) >= 11 is 0. The maximum Gasteiger partial charge on any atom is 0.319 e. The van der Waals surface area contributed by atoms with Crippen molar-refractivity contribution in [2.24, 2.45) is 0 Å². The smallest absolute Gasteiger partial charge is 0.319 e. The Bertz CT molecular complexity index is 791. The predicted molar refractivity (Wildman–Crippen MR) is 105 cm³/mol. The molecule has 1 fully saturated rings. The van der Waals surface area contributed by atoms with Crippen LogP contribution in [0.4, 0.5) is 16.2 Å². The van der Waals surface area contributed by atoms with Crippen LogP contribution < -0.4 is 10.6 Å². The van der Waals surface area contributed by atoms with E-state index in [2.05, 4.69) is 27.7 Å². The Labute approximate surface area is 158 Å². The SMILES string of the molecule is C[C@@H](NC(=O)Nc1cccc([N+](=O)[O-])c1)[C@H](c1ccccc1)N1CCCC1. The number of nitrogens with one attached hydrogen (secondary N) is 2. The van der Waals surface area contributed by atoms with Crippen molar-refractivity contribution in [2.45, 2.75) is 31.8 Å². The third-order valence-electron chi connectivity index (χ3n) is 4.82. The van der Waals surface area contributed by atoms with Gasteiger partial charge in [-0.05, 0) is 44.5 Å². The number of benzene rings is 2. The Hall–Kier alpha value is -2.93. The maximum atomic E-state index is 12.4. The number of likely N-dealkylation sites (tertiary alicyclic amines) is 1. The average Bonchev–Trinajstić information content (AvgIpc) is 3.17. The van der Waals surface area contributed by atoms with E-state index in [9.17, 15) is 14.9 Å². The first kappa shape index (κ1) is 18.8. The standard InChI is InChI=1S/C20H24N4O3/c1-15(19(23-12-5-6-13-23)16-8-3-2-4-9-16)21-20(25)22-17-10-7-11-18(14-17)24(26)27/h2-4,7-11,14-15,19H,5-6,12-13H2,1H3,(H2,21,22,25)/t15-,19-/m1/s1. The molecule has 27 heavy (non-hydrogen) atoms. The predicted octanol–water partition coefficient (Wildman–Crippen LogP) is 3.94. The van der Waals surface area contributed by atoms with Gasteiger partial charge in [0.2, 0.25) is 0 Å². The molecule has 0 aromatic heterocycles. The molecular weight excluding hydrogens is 344 g/mol. The van der Waals surface area contributed by atoms with Gasteiger partial charge in [-0.3, -0.25) is 15.0 Å². The van der Waals surface area contributed by atoms with Crippen molar-refractivity contribution in [3.63, 3.8) is 0 Å². The van der Waals surface area contributed by atoms with E-state index in [0.29, 0.717) is 5.69 Å². The van der Waals surface area contributed by atoms with Crippen LogP contribution in [0.3, 0.4) is 0 Å². The summed E-state index contributed by atoms with van der Waals surface area (Å²) in [5.41, 5.74) is 1.51. The van der Waals surface area contributed by atoms with Crippen LogP contribution in [0.25, 0.3) is 0 Å². The molecule has 1 heterocycles. The number of rotatable bonds is 6. The molecule has 7 heteroatoms. The number of carbonyl (C=O) groups is 1. The van der Waals surface area contributed by atoms with Crippen LogP contribution in [-0.2, 0) is 0 Å². The number of hydrogen-bond donors (Lipinski definition) is 2. The van der Waals surface area contributed by atoms with Gasteiger partial charge in [-0.1, -0.05) is 36.4 Å². The zero-order valence-electron chi connectivity index (χ0n) is 15.3. The van der Waals surface area contributed by atoms with Crippen molar-refractivity contribution < 1.29 is 9.72 Å². The molecule has 2 atom stereocenters. The summed E-state index contributed by atoms with van der Waals surface area (Å²) in [5, 5.41) is 16.6. The van der Waals surface area contributed by atoms with Crippen molar-refractivity contribution in [3.05, 3.63) is 70.3 Å². The van der Waals surface area contributed by atoms with Crippen LogP contribution in [0.15, 0.2) is 54.6 Å². The zero-order chi connectivity index (χ0) is 19.2. The fourth-order valence-corrected chi connectivity index (χ4v) is 3.64. The number of nitro benzene ring substituents is 1. The van der Waals surface area contributed by atoms with Crippen molar-refractivity contribution in [2.75, 3.05) is 18.4 Å². The first-order valence-corrected chi connectivity index (χ1v) is 9.15. The number of nitro groups is 1. The van der Waals surface area contributed by atoms with Crippen LogP contribution in [0.2, 0.25) is 0 Å². The van der Waals surface area contributed by atoms with E-state index in [4.69, 9.17) is 0 Å². The molecule has 0 saturated carbocycles. The van der Waals surface area contributed by atoms with E-state index < -0.39 is 4.92 Å². The Balaban J connectivity index is 1.69. The van der Waals surface area contributed by atoms with Crippen LogP contribution >= 0.6 is 0 Å². The lowest BCUT2D eigenvalue weighted by atomic mass is 9.99. The van der Waals surface area contributed by atoms with E-state index in [0.717, 1.165) is 25.9 Å². The first-order chi connectivity index (χ1) is 13.0. The molecule has 142 valence electrons. The van der Waals surface area contributed by atoms with Gasteiger partial charge in [-0.15, -0.1) is 0 Å². The van der Waals surface area contributed by atoms with Crippen molar-refractivity contribution in [1.82, 2.24) is 10.2 Å². The minimum atomic E-state index is -0.482. The van der Waals surface area contributed by atoms with Crippen molar-refractivity contribution >= 4 is 17.4 Å². The minimum Gasteiger partial charge on any atom is -0.333 e. The molecule has 2 amide bonds. The normalized spacial score (nSPS) is 16.5. The van der Waals surface area contributed by atoms with E-state index in [1.54, 1.807) is 12.1 Å². The third-order valence-corrected chi connectivity index (χ3v) is 4.82. The number of non-ortho nitro benzene ring substituents is 1. The van der Waals surface area contributed by atoms with Gasteiger partial charge >= 0.3 is 6.03 Å². The number of carbonyl (C=O) groups excluding carboxylic acids is 1. The second kappa shape index (κ2) is 8.64. The van der Waals surface area contributed by atoms with Crippen LogP contribution in [0, 0.1) is 10.1 Å². The molecule has 1 aliphatic heterocycles. The van der Waals surface area contributed by atoms with Gasteiger partial charge < -0.3 is 10.6 Å². The lowest BCUT2D eigenvalue weighted by molar-refractivity contribution is -0.384. The molecule has 2 aromatic carbocycles. The molecule has 0 aliphatic carbocycles. The first-order valence-electron chi connectivity index (χ1n) is 9.15. The molecule has 1 saturated heterocycles. The largest absolute Gasteiger partial charge is 0.333 e. The van der Waals surface area contributed by atoms with E-state index in [1.807, 2.05) is 25.1 Å². The number of nitrogens with zero attached hydrogens (tertiary/aromatic N) is 2. The fourth-order valence-electron chi connectivity index (χ4n) is 3.64. The van der Waals surface area contributed by atoms with Gasteiger partial charge in [0.15, 0.2) is 0 Å². The lowest BCUT2D eigenvalue weighted by Gasteiger charge is -2.33. The second-order valence-electron chi connectivity index (χ2n) is 6.79. The fraction of sp³-hybridized carbons (Fsp3) is 0.350. The van der Waals surface area contributed by atoms with E-state index >= 15 is 0 Å². The molecule has 3 rings (SSSR count). The highest BCUT2D eigenvalue weighted by Crippen LogP contribution is 2.28. The van der Waals surface area contributed by atoms with Crippen LogP contribution in [0.1, 0.15) is 31.4 Å². The molecule has 2 N–H and O–H groups in total. The highest BCUT2D eigenvalue weighted by Gasteiger charge is 2.29. The summed E-state index contributed by atoms with van der Waals surface area (Å²) in [6.45, 7) is 4.01. The highest BCUT2D eigenvalue weighted by atomic mass is 16.6. The molecule has 1 aliphatic rings. The molecule has 0 spiro atoms. The van der Waals surface area contributed by atoms with Crippen molar-refractivity contribution in [1.29, 1.82) is 0 Å². The second-order valence-corrected chi connectivity index (χ2v) is 6.79. The number of urea groups is 1. The topological polar surface area (TPSA) is 87.5 Å². The third kappa shape index (κ3) is 4.83. The minimum absolute atomic E-state index is 0.0555. The van der Waals surface area contributed by atoms with E-state index in [-0.39, 0.29) is 23.8 Å². The van der Waals surface area contributed by atoms with Crippen LogP contribution in [-0.4, -0.2) is 35.0 Å². The number of hydrogen-bond acceptors (Lipinski definition) is 4. The summed E-state index contributed by atoms with van der Waals surface area (Å²) in [7, 11) is 0. The quantitative estimate of drug-likeness (QED) is 0.597. The summed E-state index contributed by atoms with van der Waals surface area (Å²) < 4.78 is 0. The Morgan fingerprint density at radius 1 is 1.11 bits per heavy atom. The van der Waals surface area contributed by atoms with Gasteiger partial charge in [0.05, 0.1) is 11.0 Å². The molecular formula is C20H24N4O3. The Morgan fingerprint density at radius 3 is 2.48 bits per heavy atom. The number of anilines is 1. The highest BCUT2D eigenvalue weighted by molar-refractivity contribution is 5.89. The molecule has 0 radical (unpaired) electrons. The zero-order valence-corrected chi connectivity index (χ0v) is 15.3. The summed E-state index contributed by atoms with van der Waals surface area (Å²) in [6.07, 6.45) is 2.33. The van der Waals surface area contributed by atoms with Gasteiger partial charge in [-0.25, -0.2) is 4.79 Å². The molecule has 0 bridgehead atoms. The Morgan fingerprint density at radius 2 is 1.81 bits per heavy atom. The van der Waals surface area contributed by atoms with Gasteiger partial charge in [0.25, 0.3) is 5.69 Å². The van der Waals surface area contributed by atoms with Gasteiger partial charge in [-0.2, -0.15) is 0 Å². The van der Waals surface area contributed by atoms with Crippen LogP contribution in [0.5, 0.6) is 0 Å². The van der Waals surface area contributed by atoms with Gasteiger partial charge in [0.1, 0.15) is 0 Å². The van der Waals surface area contributed by atoms with Gasteiger partial charge in [0, 0.05) is 23.9 Å². The monoisotopic (exact) mass is 368 g/mol. The van der Waals surface area contributed by atoms with E-state index in [1.165, 1.54) is 17.7 Å². The molecule has 0 unspecified atom stereocenters. The lowest BCUT2D eigenvalue weighted by Crippen LogP contribution is -2.45. The average molecular weight is 368 g/mol. The molecule has 2 aromatic rings. The van der Waals surface area contributed by atoms with Crippen molar-refractivity contribution in [3.8, 4) is 0 Å². The summed E-state index contributed by atoms with van der Waals surface area (Å²) in [6, 6.07) is 15.7.